The Morgan fingerprint density at radius 1 is 1.29 bits per heavy atom. The Hall–Kier alpha value is -2.21. The fraction of sp³-hybridized carbons (Fsp3) is 0.333. The van der Waals surface area contributed by atoms with Gasteiger partial charge in [0, 0.05) is 7.05 Å². The molecule has 1 aromatic carbocycles. The van der Waals surface area contributed by atoms with E-state index in [0.29, 0.717) is 12.3 Å². The Bertz CT molecular complexity index is 714. The van der Waals surface area contributed by atoms with Gasteiger partial charge in [0.05, 0.1) is 12.8 Å². The Labute approximate surface area is 145 Å². The van der Waals surface area contributed by atoms with Crippen molar-refractivity contribution in [1.82, 2.24) is 4.90 Å². The van der Waals surface area contributed by atoms with E-state index in [1.807, 2.05) is 24.3 Å². The van der Waals surface area contributed by atoms with Crippen LogP contribution in [0.3, 0.4) is 0 Å². The van der Waals surface area contributed by atoms with Gasteiger partial charge in [-0.15, -0.1) is 11.8 Å². The molecule has 3 rings (SSSR count). The third-order valence-corrected chi connectivity index (χ3v) is 5.16. The normalized spacial score (nSPS) is 16.3. The fourth-order valence-corrected chi connectivity index (χ4v) is 3.82. The second-order valence-corrected chi connectivity index (χ2v) is 6.85. The monoisotopic (exact) mass is 345 g/mol. The number of hydrogen-bond acceptors (Lipinski definition) is 5. The molecule has 0 N–H and O–H groups in total. The van der Waals surface area contributed by atoms with Crippen molar-refractivity contribution in [2.24, 2.45) is 0 Å². The molecule has 0 saturated heterocycles. The first-order valence-electron chi connectivity index (χ1n) is 7.77. The van der Waals surface area contributed by atoms with Crippen molar-refractivity contribution in [2.75, 3.05) is 19.4 Å². The van der Waals surface area contributed by atoms with Crippen LogP contribution in [0.15, 0.2) is 47.1 Å². The minimum absolute atomic E-state index is 0.255. The van der Waals surface area contributed by atoms with E-state index >= 15 is 0 Å². The van der Waals surface area contributed by atoms with Crippen molar-refractivity contribution < 1.29 is 18.7 Å². The topological polar surface area (TPSA) is 59.8 Å². The Morgan fingerprint density at radius 3 is 2.92 bits per heavy atom. The molecule has 0 radical (unpaired) electrons. The lowest BCUT2D eigenvalue weighted by atomic mass is 10.0. The van der Waals surface area contributed by atoms with E-state index in [1.54, 1.807) is 37.2 Å². The minimum atomic E-state index is -0.355. The fourth-order valence-electron chi connectivity index (χ4n) is 2.63. The molecule has 24 heavy (non-hydrogen) atoms. The number of rotatable bonds is 5. The highest BCUT2D eigenvalue weighted by Gasteiger charge is 2.28. The van der Waals surface area contributed by atoms with Gasteiger partial charge in [-0.3, -0.25) is 9.59 Å². The summed E-state index contributed by atoms with van der Waals surface area (Å²) in [5.74, 6) is 0.957. The van der Waals surface area contributed by atoms with Gasteiger partial charge in [0.1, 0.15) is 11.0 Å². The van der Waals surface area contributed by atoms with Gasteiger partial charge in [-0.05, 0) is 35.4 Å². The molecule has 0 spiro atoms. The van der Waals surface area contributed by atoms with Gasteiger partial charge in [0.2, 0.25) is 0 Å². The number of furan rings is 1. The van der Waals surface area contributed by atoms with Crippen molar-refractivity contribution in [2.45, 2.75) is 18.2 Å². The molecule has 6 heteroatoms. The highest BCUT2D eigenvalue weighted by molar-refractivity contribution is 8.00. The molecular weight excluding hydrogens is 326 g/mol. The number of carbonyl (C=O) groups excluding carboxylic acids is 2. The molecular formula is C18H19NO4S. The summed E-state index contributed by atoms with van der Waals surface area (Å²) in [4.78, 5) is 26.0. The third-order valence-electron chi connectivity index (χ3n) is 3.94. The summed E-state index contributed by atoms with van der Waals surface area (Å²) in [7, 11) is 1.66. The minimum Gasteiger partial charge on any atom is -0.467 e. The van der Waals surface area contributed by atoms with Crippen molar-refractivity contribution in [3.8, 4) is 0 Å². The average Bonchev–Trinajstić information content (AvgIpc) is 3.11. The van der Waals surface area contributed by atoms with E-state index in [4.69, 9.17) is 9.15 Å². The zero-order valence-electron chi connectivity index (χ0n) is 13.4. The van der Waals surface area contributed by atoms with Crippen LogP contribution in [0.5, 0.6) is 0 Å². The molecule has 1 aliphatic heterocycles. The lowest BCUT2D eigenvalue weighted by Gasteiger charge is -2.24. The molecule has 1 atom stereocenters. The molecule has 2 aromatic rings. The number of hydrogen-bond donors (Lipinski definition) is 0. The summed E-state index contributed by atoms with van der Waals surface area (Å²) in [6, 6.07) is 11.5. The first-order chi connectivity index (χ1) is 11.6. The lowest BCUT2D eigenvalue weighted by Crippen LogP contribution is -2.31. The SMILES string of the molecule is CN(Cc1ccco1)C(=O)COC(=O)[C@@H]1SCCc2ccccc21. The van der Waals surface area contributed by atoms with Crippen LogP contribution in [0.4, 0.5) is 0 Å². The number of esters is 1. The van der Waals surface area contributed by atoms with Crippen molar-refractivity contribution in [3.05, 3.63) is 59.5 Å². The van der Waals surface area contributed by atoms with Crippen molar-refractivity contribution >= 4 is 23.6 Å². The smallest absolute Gasteiger partial charge is 0.324 e. The largest absolute Gasteiger partial charge is 0.467 e. The average molecular weight is 345 g/mol. The molecule has 5 nitrogen and oxygen atoms in total. The Morgan fingerprint density at radius 2 is 2.12 bits per heavy atom. The Kier molecular flexibility index (Phi) is 5.25. The molecule has 1 aromatic heterocycles. The van der Waals surface area contributed by atoms with Crippen LogP contribution in [0.25, 0.3) is 0 Å². The van der Waals surface area contributed by atoms with E-state index in [1.165, 1.54) is 10.5 Å². The zero-order valence-corrected chi connectivity index (χ0v) is 14.3. The Balaban J connectivity index is 1.55. The maximum Gasteiger partial charge on any atom is 0.324 e. The number of likely N-dealkylation sites (N-methyl/N-ethyl adjacent to an activating group) is 1. The predicted octanol–water partition coefficient (Wildman–Crippen LogP) is 2.81. The number of aryl methyl sites for hydroxylation is 1. The van der Waals surface area contributed by atoms with Gasteiger partial charge in [-0.25, -0.2) is 0 Å². The summed E-state index contributed by atoms with van der Waals surface area (Å²) in [5, 5.41) is -0.349. The van der Waals surface area contributed by atoms with E-state index in [2.05, 4.69) is 0 Å². The quantitative estimate of drug-likeness (QED) is 0.780. The van der Waals surface area contributed by atoms with Crippen LogP contribution in [0.1, 0.15) is 22.1 Å². The highest BCUT2D eigenvalue weighted by Crippen LogP contribution is 2.37. The number of fused-ring (bicyclic) bond motifs is 1. The first kappa shape index (κ1) is 16.6. The third kappa shape index (κ3) is 3.82. The van der Waals surface area contributed by atoms with Crippen LogP contribution >= 0.6 is 11.8 Å². The summed E-state index contributed by atoms with van der Waals surface area (Å²) < 4.78 is 10.5. The molecule has 0 aliphatic carbocycles. The van der Waals surface area contributed by atoms with Crippen LogP contribution in [0.2, 0.25) is 0 Å². The zero-order chi connectivity index (χ0) is 16.9. The van der Waals surface area contributed by atoms with Crippen LogP contribution < -0.4 is 0 Å². The molecule has 0 saturated carbocycles. The molecule has 2 heterocycles. The van der Waals surface area contributed by atoms with Gasteiger partial charge in [-0.1, -0.05) is 24.3 Å². The van der Waals surface area contributed by atoms with Gasteiger partial charge >= 0.3 is 5.97 Å². The maximum atomic E-state index is 12.4. The number of carbonyl (C=O) groups is 2. The van der Waals surface area contributed by atoms with E-state index in [0.717, 1.165) is 17.7 Å². The second-order valence-electron chi connectivity index (χ2n) is 5.64. The number of nitrogens with zero attached hydrogens (tertiary/aromatic N) is 1. The second kappa shape index (κ2) is 7.57. The lowest BCUT2D eigenvalue weighted by molar-refractivity contribution is -0.151. The first-order valence-corrected chi connectivity index (χ1v) is 8.82. The predicted molar refractivity (Wildman–Crippen MR) is 91.5 cm³/mol. The summed E-state index contributed by atoms with van der Waals surface area (Å²) >= 11 is 1.56. The van der Waals surface area contributed by atoms with Crippen LogP contribution in [-0.4, -0.2) is 36.2 Å². The van der Waals surface area contributed by atoms with Crippen molar-refractivity contribution in [1.29, 1.82) is 0 Å². The van der Waals surface area contributed by atoms with Crippen LogP contribution in [0, 0.1) is 0 Å². The molecule has 0 bridgehead atoms. The number of thioether (sulfide) groups is 1. The summed E-state index contributed by atoms with van der Waals surface area (Å²) in [5.41, 5.74) is 2.18. The molecule has 126 valence electrons. The molecule has 0 unspecified atom stereocenters. The number of ether oxygens (including phenoxy) is 1. The molecule has 1 aliphatic rings. The highest BCUT2D eigenvalue weighted by atomic mass is 32.2. The van der Waals surface area contributed by atoms with Gasteiger partial charge in [0.15, 0.2) is 6.61 Å². The number of benzene rings is 1. The summed E-state index contributed by atoms with van der Waals surface area (Å²) in [6.45, 7) is 0.0969. The van der Waals surface area contributed by atoms with Gasteiger partial charge in [0.25, 0.3) is 5.91 Å². The molecule has 0 fully saturated rings. The molecule has 1 amide bonds. The standard InChI is InChI=1S/C18H19NO4S/c1-19(11-14-6-4-9-22-14)16(20)12-23-18(21)17-15-7-3-2-5-13(15)8-10-24-17/h2-7,9,17H,8,10-12H2,1H3/t17-/m1/s1. The summed E-state index contributed by atoms with van der Waals surface area (Å²) in [6.07, 6.45) is 2.51. The van der Waals surface area contributed by atoms with Gasteiger partial charge in [-0.2, -0.15) is 0 Å². The van der Waals surface area contributed by atoms with Crippen molar-refractivity contribution in [3.63, 3.8) is 0 Å². The number of amides is 1. The van der Waals surface area contributed by atoms with Crippen LogP contribution in [-0.2, 0) is 27.3 Å². The van der Waals surface area contributed by atoms with Gasteiger partial charge < -0.3 is 14.1 Å². The maximum absolute atomic E-state index is 12.4. The van der Waals surface area contributed by atoms with E-state index in [-0.39, 0.29) is 23.7 Å². The van der Waals surface area contributed by atoms with E-state index < -0.39 is 0 Å². The van der Waals surface area contributed by atoms with E-state index in [9.17, 15) is 9.59 Å².